The highest BCUT2D eigenvalue weighted by Gasteiger charge is 2.18. The molecule has 1 aromatic heterocycles. The van der Waals surface area contributed by atoms with Crippen molar-refractivity contribution in [3.8, 4) is 11.3 Å². The van der Waals surface area contributed by atoms with E-state index in [0.29, 0.717) is 16.8 Å². The Morgan fingerprint density at radius 2 is 1.52 bits per heavy atom. The molecule has 5 nitrogen and oxygen atoms in total. The summed E-state index contributed by atoms with van der Waals surface area (Å²) in [5.74, 6) is -0.220. The maximum absolute atomic E-state index is 13.2. The Bertz CT molecular complexity index is 1150. The molecule has 0 aliphatic rings. The third-order valence-corrected chi connectivity index (χ3v) is 4.36. The molecule has 0 fully saturated rings. The first-order valence-corrected chi connectivity index (χ1v) is 8.38. The molecule has 0 N–H and O–H groups in total. The molecule has 27 heavy (non-hydrogen) atoms. The number of non-ortho nitro benzene ring substituents is 1. The van der Waals surface area contributed by atoms with Gasteiger partial charge in [-0.3, -0.25) is 14.9 Å². The van der Waals surface area contributed by atoms with Gasteiger partial charge in [-0.2, -0.15) is 0 Å². The number of aromatic nitrogens is 1. The molecule has 130 valence electrons. The fourth-order valence-corrected chi connectivity index (χ4v) is 3.00. The number of hydrogen-bond donors (Lipinski definition) is 0. The topological polar surface area (TPSA) is 73.1 Å². The van der Waals surface area contributed by atoms with E-state index in [2.05, 4.69) is 0 Å². The maximum atomic E-state index is 13.2. The first-order valence-electron chi connectivity index (χ1n) is 8.38. The molecule has 0 saturated heterocycles. The first-order chi connectivity index (χ1) is 13.1. The van der Waals surface area contributed by atoms with Gasteiger partial charge in [0.05, 0.1) is 16.1 Å². The number of pyridine rings is 1. The Balaban J connectivity index is 1.88. The number of rotatable bonds is 4. The summed E-state index contributed by atoms with van der Waals surface area (Å²) < 4.78 is 0. The summed E-state index contributed by atoms with van der Waals surface area (Å²) in [4.78, 5) is 28.2. The van der Waals surface area contributed by atoms with E-state index in [9.17, 15) is 14.9 Å². The van der Waals surface area contributed by atoms with Crippen LogP contribution in [0.5, 0.6) is 0 Å². The zero-order valence-corrected chi connectivity index (χ0v) is 14.2. The fourth-order valence-electron chi connectivity index (χ4n) is 3.00. The van der Waals surface area contributed by atoms with Gasteiger partial charge in [0.1, 0.15) is 0 Å². The van der Waals surface area contributed by atoms with Gasteiger partial charge in [0.2, 0.25) is 0 Å². The van der Waals surface area contributed by atoms with Crippen LogP contribution in [0.1, 0.15) is 15.9 Å². The van der Waals surface area contributed by atoms with Crippen LogP contribution in [0.2, 0.25) is 0 Å². The molecule has 0 spiro atoms. The van der Waals surface area contributed by atoms with Crippen molar-refractivity contribution in [3.05, 3.63) is 106 Å². The lowest BCUT2D eigenvalue weighted by molar-refractivity contribution is -0.384. The zero-order valence-electron chi connectivity index (χ0n) is 14.2. The smallest absolute Gasteiger partial charge is 0.269 e. The molecule has 0 aliphatic heterocycles. The number of ketones is 1. The summed E-state index contributed by atoms with van der Waals surface area (Å²) in [6, 6.07) is 24.6. The number of nitrogens with zero attached hydrogens (tertiary/aromatic N) is 2. The van der Waals surface area contributed by atoms with Crippen LogP contribution >= 0.6 is 0 Å². The number of carbonyl (C=O) groups is 1. The second-order valence-electron chi connectivity index (χ2n) is 6.08. The van der Waals surface area contributed by atoms with Gasteiger partial charge in [-0.05, 0) is 24.3 Å². The van der Waals surface area contributed by atoms with Crippen molar-refractivity contribution in [1.29, 1.82) is 0 Å². The molecule has 5 heteroatoms. The molecule has 0 amide bonds. The summed E-state index contributed by atoms with van der Waals surface area (Å²) >= 11 is 0. The van der Waals surface area contributed by atoms with Crippen LogP contribution in [0.25, 0.3) is 22.2 Å². The Labute approximate surface area is 155 Å². The fraction of sp³-hybridized carbons (Fsp3) is 0. The predicted molar refractivity (Wildman–Crippen MR) is 104 cm³/mol. The quantitative estimate of drug-likeness (QED) is 0.292. The first kappa shape index (κ1) is 16.6. The van der Waals surface area contributed by atoms with Gasteiger partial charge in [-0.25, -0.2) is 4.98 Å². The van der Waals surface area contributed by atoms with Gasteiger partial charge < -0.3 is 0 Å². The van der Waals surface area contributed by atoms with Crippen molar-refractivity contribution in [2.45, 2.75) is 0 Å². The third kappa shape index (κ3) is 3.18. The van der Waals surface area contributed by atoms with E-state index in [-0.39, 0.29) is 11.5 Å². The number of nitro groups is 1. The Hall–Kier alpha value is -3.86. The highest BCUT2D eigenvalue weighted by atomic mass is 16.6. The minimum absolute atomic E-state index is 0.0496. The van der Waals surface area contributed by atoms with E-state index in [1.807, 2.05) is 60.7 Å². The summed E-state index contributed by atoms with van der Waals surface area (Å²) in [7, 11) is 0. The Kier molecular flexibility index (Phi) is 4.18. The van der Waals surface area contributed by atoms with E-state index >= 15 is 0 Å². The van der Waals surface area contributed by atoms with Gasteiger partial charge in [-0.1, -0.05) is 48.5 Å². The number of para-hydroxylation sites is 1. The van der Waals surface area contributed by atoms with Crippen molar-refractivity contribution >= 4 is 22.4 Å². The van der Waals surface area contributed by atoms with Gasteiger partial charge in [0.15, 0.2) is 5.78 Å². The standard InChI is InChI=1S/C22H14N2O3/c25-22(16-10-12-18(13-11-16)24(26)27)19-14-17-8-4-5-9-20(17)23-21(19)15-6-2-1-3-7-15/h1-14H. The van der Waals surface area contributed by atoms with E-state index in [1.165, 1.54) is 24.3 Å². The molecule has 0 aliphatic carbocycles. The van der Waals surface area contributed by atoms with Crippen molar-refractivity contribution < 1.29 is 9.72 Å². The lowest BCUT2D eigenvalue weighted by Crippen LogP contribution is -2.05. The van der Waals surface area contributed by atoms with Crippen LogP contribution in [0.4, 0.5) is 5.69 Å². The van der Waals surface area contributed by atoms with Crippen LogP contribution in [-0.4, -0.2) is 15.7 Å². The summed E-state index contributed by atoms with van der Waals surface area (Å²) in [6.07, 6.45) is 0. The Morgan fingerprint density at radius 3 is 2.22 bits per heavy atom. The van der Waals surface area contributed by atoms with Crippen LogP contribution < -0.4 is 0 Å². The van der Waals surface area contributed by atoms with Crippen LogP contribution in [0.15, 0.2) is 84.9 Å². The minimum atomic E-state index is -0.485. The number of hydrogen-bond acceptors (Lipinski definition) is 4. The molecule has 0 saturated carbocycles. The van der Waals surface area contributed by atoms with E-state index < -0.39 is 4.92 Å². The van der Waals surface area contributed by atoms with Crippen molar-refractivity contribution in [1.82, 2.24) is 4.98 Å². The molecule has 4 aromatic rings. The van der Waals surface area contributed by atoms with Crippen LogP contribution in [-0.2, 0) is 0 Å². The third-order valence-electron chi connectivity index (χ3n) is 4.36. The van der Waals surface area contributed by atoms with E-state index in [1.54, 1.807) is 0 Å². The normalized spacial score (nSPS) is 10.7. The monoisotopic (exact) mass is 354 g/mol. The SMILES string of the molecule is O=C(c1ccc([N+](=O)[O-])cc1)c1cc2ccccc2nc1-c1ccccc1. The molecule has 0 unspecified atom stereocenters. The maximum Gasteiger partial charge on any atom is 0.269 e. The van der Waals surface area contributed by atoms with Crippen LogP contribution in [0.3, 0.4) is 0 Å². The molecule has 0 atom stereocenters. The summed E-state index contributed by atoms with van der Waals surface area (Å²) in [5.41, 5.74) is 3.04. The average molecular weight is 354 g/mol. The average Bonchev–Trinajstić information content (AvgIpc) is 2.73. The second kappa shape index (κ2) is 6.80. The van der Waals surface area contributed by atoms with Crippen molar-refractivity contribution in [3.63, 3.8) is 0 Å². The predicted octanol–water partition coefficient (Wildman–Crippen LogP) is 5.04. The van der Waals surface area contributed by atoms with Gasteiger partial charge in [-0.15, -0.1) is 0 Å². The molecule has 0 radical (unpaired) electrons. The number of benzene rings is 3. The van der Waals surface area contributed by atoms with Crippen molar-refractivity contribution in [2.24, 2.45) is 0 Å². The lowest BCUT2D eigenvalue weighted by Gasteiger charge is -2.10. The van der Waals surface area contributed by atoms with Crippen LogP contribution in [0, 0.1) is 10.1 Å². The van der Waals surface area contributed by atoms with E-state index in [0.717, 1.165) is 16.5 Å². The molecular formula is C22H14N2O3. The molecule has 0 bridgehead atoms. The Morgan fingerprint density at radius 1 is 0.852 bits per heavy atom. The largest absolute Gasteiger partial charge is 0.289 e. The summed E-state index contributed by atoms with van der Waals surface area (Å²) in [5, 5.41) is 11.7. The molecular weight excluding hydrogens is 340 g/mol. The second-order valence-corrected chi connectivity index (χ2v) is 6.08. The molecule has 1 heterocycles. The van der Waals surface area contributed by atoms with E-state index in [4.69, 9.17) is 4.98 Å². The summed E-state index contributed by atoms with van der Waals surface area (Å²) in [6.45, 7) is 0. The van der Waals surface area contributed by atoms with Crippen molar-refractivity contribution in [2.75, 3.05) is 0 Å². The minimum Gasteiger partial charge on any atom is -0.289 e. The number of fused-ring (bicyclic) bond motifs is 1. The highest BCUT2D eigenvalue weighted by Crippen LogP contribution is 2.28. The van der Waals surface area contributed by atoms with Gasteiger partial charge in [0.25, 0.3) is 5.69 Å². The van der Waals surface area contributed by atoms with Gasteiger partial charge >= 0.3 is 0 Å². The molecule has 3 aromatic carbocycles. The number of carbonyl (C=O) groups excluding carboxylic acids is 1. The lowest BCUT2D eigenvalue weighted by atomic mass is 9.96. The zero-order chi connectivity index (χ0) is 18.8. The highest BCUT2D eigenvalue weighted by molar-refractivity contribution is 6.14. The number of nitro benzene ring substituents is 1. The van der Waals surface area contributed by atoms with Gasteiger partial charge in [0, 0.05) is 34.2 Å². The molecule has 4 rings (SSSR count).